The van der Waals surface area contributed by atoms with Gasteiger partial charge in [0.05, 0.1) is 0 Å². The molecule has 3 rings (SSSR count). The lowest BCUT2D eigenvalue weighted by Crippen LogP contribution is -2.47. The molecule has 4 nitrogen and oxygen atoms in total. The van der Waals surface area contributed by atoms with Gasteiger partial charge in [0.15, 0.2) is 0 Å². The second-order valence-corrected chi connectivity index (χ2v) is 6.94. The molecule has 0 atom stereocenters. The van der Waals surface area contributed by atoms with Gasteiger partial charge in [-0.1, -0.05) is 0 Å². The zero-order valence-electron chi connectivity index (χ0n) is 12.8. The minimum Gasteiger partial charge on any atom is -0.381 e. The van der Waals surface area contributed by atoms with Crippen LogP contribution in [0, 0.1) is 5.41 Å². The van der Waals surface area contributed by atoms with Gasteiger partial charge < -0.3 is 14.5 Å². The minimum absolute atomic E-state index is 0.341. The summed E-state index contributed by atoms with van der Waals surface area (Å²) in [5.74, 6) is 0.341. The van der Waals surface area contributed by atoms with Crippen molar-refractivity contribution in [3.05, 3.63) is 0 Å². The molecule has 3 saturated heterocycles. The third-order valence-electron chi connectivity index (χ3n) is 5.84. The Kier molecular flexibility index (Phi) is 4.32. The third-order valence-corrected chi connectivity index (χ3v) is 5.84. The highest BCUT2D eigenvalue weighted by molar-refractivity contribution is 5.76. The van der Waals surface area contributed by atoms with Crippen molar-refractivity contribution in [1.82, 2.24) is 9.80 Å². The number of likely N-dealkylation sites (tertiary alicyclic amines) is 2. The normalized spacial score (nSPS) is 29.6. The van der Waals surface area contributed by atoms with E-state index in [-0.39, 0.29) is 0 Å². The van der Waals surface area contributed by atoms with Crippen LogP contribution in [-0.4, -0.2) is 61.6 Å². The lowest BCUT2D eigenvalue weighted by molar-refractivity contribution is -0.129. The molecule has 114 valence electrons. The molecule has 0 aliphatic carbocycles. The highest BCUT2D eigenvalue weighted by Gasteiger charge is 2.38. The fourth-order valence-corrected chi connectivity index (χ4v) is 4.13. The van der Waals surface area contributed by atoms with E-state index in [9.17, 15) is 4.79 Å². The van der Waals surface area contributed by atoms with Crippen molar-refractivity contribution in [3.63, 3.8) is 0 Å². The predicted octanol–water partition coefficient (Wildman–Crippen LogP) is 1.89. The van der Waals surface area contributed by atoms with E-state index < -0.39 is 0 Å². The Balaban J connectivity index is 1.55. The van der Waals surface area contributed by atoms with Crippen LogP contribution < -0.4 is 0 Å². The smallest absolute Gasteiger partial charge is 0.222 e. The average Bonchev–Trinajstić information content (AvgIpc) is 2.64. The Morgan fingerprint density at radius 1 is 1.05 bits per heavy atom. The third kappa shape index (κ3) is 3.01. The van der Waals surface area contributed by atoms with E-state index in [0.717, 1.165) is 38.6 Å². The molecule has 0 radical (unpaired) electrons. The molecule has 4 heteroatoms. The van der Waals surface area contributed by atoms with Crippen LogP contribution in [0.4, 0.5) is 0 Å². The highest BCUT2D eigenvalue weighted by atomic mass is 16.5. The summed E-state index contributed by atoms with van der Waals surface area (Å²) in [4.78, 5) is 16.5. The molecule has 0 saturated carbocycles. The first-order valence-electron chi connectivity index (χ1n) is 8.24. The summed E-state index contributed by atoms with van der Waals surface area (Å²) in [5.41, 5.74) is 0.447. The molecule has 3 aliphatic rings. The molecule has 0 bridgehead atoms. The van der Waals surface area contributed by atoms with Crippen molar-refractivity contribution in [1.29, 1.82) is 0 Å². The predicted molar refractivity (Wildman–Crippen MR) is 78.6 cm³/mol. The standard InChI is InChI=1S/C16H28N2O2/c1-17-9-6-16(5-2-15(17)19)7-10-18(11-8-16)14-3-12-20-13-4-14/h14H,2-13H2,1H3. The fraction of sp³-hybridized carbons (Fsp3) is 0.938. The molecule has 0 aromatic heterocycles. The number of amides is 1. The van der Waals surface area contributed by atoms with E-state index in [4.69, 9.17) is 4.74 Å². The van der Waals surface area contributed by atoms with Crippen LogP contribution in [0.15, 0.2) is 0 Å². The molecule has 3 fully saturated rings. The summed E-state index contributed by atoms with van der Waals surface area (Å²) in [6.07, 6.45) is 8.04. The van der Waals surface area contributed by atoms with Crippen LogP contribution in [0.5, 0.6) is 0 Å². The monoisotopic (exact) mass is 280 g/mol. The maximum absolute atomic E-state index is 11.9. The Morgan fingerprint density at radius 3 is 2.40 bits per heavy atom. The second kappa shape index (κ2) is 6.02. The van der Waals surface area contributed by atoms with Crippen molar-refractivity contribution < 1.29 is 9.53 Å². The van der Waals surface area contributed by atoms with E-state index >= 15 is 0 Å². The van der Waals surface area contributed by atoms with E-state index in [1.807, 2.05) is 11.9 Å². The topological polar surface area (TPSA) is 32.8 Å². The zero-order valence-corrected chi connectivity index (χ0v) is 12.8. The molecule has 3 heterocycles. The number of carbonyl (C=O) groups is 1. The second-order valence-electron chi connectivity index (χ2n) is 6.94. The molecule has 1 spiro atoms. The number of nitrogens with zero attached hydrogens (tertiary/aromatic N) is 2. The van der Waals surface area contributed by atoms with Gasteiger partial charge in [0.2, 0.25) is 5.91 Å². The maximum atomic E-state index is 11.9. The summed E-state index contributed by atoms with van der Waals surface area (Å²) < 4.78 is 5.47. The summed E-state index contributed by atoms with van der Waals surface area (Å²) in [6, 6.07) is 0.746. The van der Waals surface area contributed by atoms with Crippen molar-refractivity contribution >= 4 is 5.91 Å². The number of hydrogen-bond acceptors (Lipinski definition) is 3. The Labute approximate surface area is 122 Å². The van der Waals surface area contributed by atoms with Gasteiger partial charge >= 0.3 is 0 Å². The minimum atomic E-state index is 0.341. The molecule has 0 unspecified atom stereocenters. The summed E-state index contributed by atoms with van der Waals surface area (Å²) in [6.45, 7) is 5.28. The van der Waals surface area contributed by atoms with Crippen molar-refractivity contribution in [3.8, 4) is 0 Å². The van der Waals surface area contributed by atoms with Gasteiger partial charge in [0, 0.05) is 39.3 Å². The van der Waals surface area contributed by atoms with E-state index in [1.165, 1.54) is 45.2 Å². The van der Waals surface area contributed by atoms with Crippen molar-refractivity contribution in [2.24, 2.45) is 5.41 Å². The molecule has 0 N–H and O–H groups in total. The van der Waals surface area contributed by atoms with E-state index in [1.54, 1.807) is 0 Å². The summed E-state index contributed by atoms with van der Waals surface area (Å²) in [7, 11) is 1.96. The van der Waals surface area contributed by atoms with Gasteiger partial charge in [-0.2, -0.15) is 0 Å². The molecular weight excluding hydrogens is 252 g/mol. The number of hydrogen-bond donors (Lipinski definition) is 0. The van der Waals surface area contributed by atoms with E-state index in [0.29, 0.717) is 11.3 Å². The van der Waals surface area contributed by atoms with Gasteiger partial charge in [0.25, 0.3) is 0 Å². The SMILES string of the molecule is CN1CCC2(CCC1=O)CCN(C1CCOCC1)CC2. The van der Waals surface area contributed by atoms with Crippen LogP contribution in [-0.2, 0) is 9.53 Å². The maximum Gasteiger partial charge on any atom is 0.222 e. The first-order valence-corrected chi connectivity index (χ1v) is 8.24. The molecule has 0 aromatic rings. The van der Waals surface area contributed by atoms with Crippen molar-refractivity contribution in [2.45, 2.75) is 51.0 Å². The molecular formula is C16H28N2O2. The van der Waals surface area contributed by atoms with Crippen LogP contribution in [0.1, 0.15) is 44.9 Å². The molecule has 3 aliphatic heterocycles. The Bertz CT molecular complexity index is 344. The highest BCUT2D eigenvalue weighted by Crippen LogP contribution is 2.42. The van der Waals surface area contributed by atoms with Gasteiger partial charge in [-0.25, -0.2) is 0 Å². The lowest BCUT2D eigenvalue weighted by atomic mass is 9.72. The van der Waals surface area contributed by atoms with Crippen LogP contribution in [0.3, 0.4) is 0 Å². The van der Waals surface area contributed by atoms with E-state index in [2.05, 4.69) is 4.90 Å². The summed E-state index contributed by atoms with van der Waals surface area (Å²) >= 11 is 0. The van der Waals surface area contributed by atoms with Crippen LogP contribution in [0.25, 0.3) is 0 Å². The van der Waals surface area contributed by atoms with Crippen molar-refractivity contribution in [2.75, 3.05) is 39.9 Å². The molecule has 20 heavy (non-hydrogen) atoms. The first-order chi connectivity index (χ1) is 9.69. The quantitative estimate of drug-likeness (QED) is 0.735. The van der Waals surface area contributed by atoms with Crippen LogP contribution in [0.2, 0.25) is 0 Å². The number of piperidine rings is 1. The Hall–Kier alpha value is -0.610. The molecule has 1 amide bonds. The fourth-order valence-electron chi connectivity index (χ4n) is 4.13. The lowest BCUT2D eigenvalue weighted by Gasteiger charge is -2.45. The number of rotatable bonds is 1. The van der Waals surface area contributed by atoms with Gasteiger partial charge in [-0.15, -0.1) is 0 Å². The number of carbonyl (C=O) groups excluding carboxylic acids is 1. The van der Waals surface area contributed by atoms with Gasteiger partial charge in [0.1, 0.15) is 0 Å². The average molecular weight is 280 g/mol. The largest absolute Gasteiger partial charge is 0.381 e. The molecule has 0 aromatic carbocycles. The summed E-state index contributed by atoms with van der Waals surface area (Å²) in [5, 5.41) is 0. The first kappa shape index (κ1) is 14.3. The zero-order chi connectivity index (χ0) is 14.0. The Morgan fingerprint density at radius 2 is 1.70 bits per heavy atom. The van der Waals surface area contributed by atoms with Crippen LogP contribution >= 0.6 is 0 Å². The van der Waals surface area contributed by atoms with Gasteiger partial charge in [-0.05, 0) is 57.0 Å². The van der Waals surface area contributed by atoms with Gasteiger partial charge in [-0.3, -0.25) is 4.79 Å². The number of ether oxygens (including phenoxy) is 1.